The number of aromatic nitrogens is 1. The standard InChI is InChI=1S/C28H34N4O4/c1-34-25-10-9-21(18-26(25)35-2)24(31-13-15-36-16-14-31)19-29-28(33)22-17-20-7-3-4-8-23(20)30-27(22)32-11-5-6-12-32/h3-4,7-10,17-18,24H,5-6,11-16,19H2,1-2H3,(H,29,33). The molecule has 0 radical (unpaired) electrons. The van der Waals surface area contributed by atoms with Gasteiger partial charge in [-0.15, -0.1) is 0 Å². The van der Waals surface area contributed by atoms with Crippen LogP contribution >= 0.6 is 0 Å². The lowest BCUT2D eigenvalue weighted by molar-refractivity contribution is 0.0162. The number of nitrogens with zero attached hydrogens (tertiary/aromatic N) is 3. The van der Waals surface area contributed by atoms with Crippen LogP contribution in [0.25, 0.3) is 10.9 Å². The molecule has 8 heteroatoms. The number of methoxy groups -OCH3 is 2. The molecule has 1 atom stereocenters. The van der Waals surface area contributed by atoms with E-state index in [2.05, 4.69) is 15.1 Å². The molecule has 2 aliphatic heterocycles. The van der Waals surface area contributed by atoms with Gasteiger partial charge in [-0.3, -0.25) is 9.69 Å². The summed E-state index contributed by atoms with van der Waals surface area (Å²) < 4.78 is 16.6. The Morgan fingerprint density at radius 1 is 1.00 bits per heavy atom. The molecule has 1 N–H and O–H groups in total. The first-order valence-electron chi connectivity index (χ1n) is 12.6. The lowest BCUT2D eigenvalue weighted by Crippen LogP contribution is -2.44. The van der Waals surface area contributed by atoms with Gasteiger partial charge in [0.15, 0.2) is 11.5 Å². The smallest absolute Gasteiger partial charge is 0.255 e. The molecule has 0 aliphatic carbocycles. The van der Waals surface area contributed by atoms with E-state index < -0.39 is 0 Å². The molecule has 3 heterocycles. The summed E-state index contributed by atoms with van der Waals surface area (Å²) in [6, 6.07) is 15.9. The predicted molar refractivity (Wildman–Crippen MR) is 140 cm³/mol. The maximum Gasteiger partial charge on any atom is 0.255 e. The summed E-state index contributed by atoms with van der Waals surface area (Å²) in [5.41, 5.74) is 2.60. The molecule has 36 heavy (non-hydrogen) atoms. The van der Waals surface area contributed by atoms with Gasteiger partial charge in [0.2, 0.25) is 0 Å². The van der Waals surface area contributed by atoms with Crippen molar-refractivity contribution in [2.24, 2.45) is 0 Å². The topological polar surface area (TPSA) is 76.2 Å². The molecule has 2 fully saturated rings. The fraction of sp³-hybridized carbons (Fsp3) is 0.429. The molecule has 1 amide bonds. The maximum absolute atomic E-state index is 13.6. The number of carbonyl (C=O) groups is 1. The van der Waals surface area contributed by atoms with Crippen molar-refractivity contribution in [1.82, 2.24) is 15.2 Å². The Kier molecular flexibility index (Phi) is 7.53. The van der Waals surface area contributed by atoms with Gasteiger partial charge < -0.3 is 24.4 Å². The first-order chi connectivity index (χ1) is 17.7. The van der Waals surface area contributed by atoms with Crippen molar-refractivity contribution < 1.29 is 19.0 Å². The zero-order valence-corrected chi connectivity index (χ0v) is 21.0. The molecular formula is C28H34N4O4. The summed E-state index contributed by atoms with van der Waals surface area (Å²) in [6.45, 7) is 5.25. The Labute approximate surface area is 212 Å². The number of nitrogens with one attached hydrogen (secondary N) is 1. The highest BCUT2D eigenvalue weighted by atomic mass is 16.5. The zero-order chi connectivity index (χ0) is 24.9. The van der Waals surface area contributed by atoms with Gasteiger partial charge in [0.25, 0.3) is 5.91 Å². The van der Waals surface area contributed by atoms with Crippen LogP contribution in [0.1, 0.15) is 34.8 Å². The van der Waals surface area contributed by atoms with Crippen LogP contribution in [0.15, 0.2) is 48.5 Å². The number of pyridine rings is 1. The summed E-state index contributed by atoms with van der Waals surface area (Å²) in [4.78, 5) is 23.1. The van der Waals surface area contributed by atoms with E-state index in [0.29, 0.717) is 36.8 Å². The summed E-state index contributed by atoms with van der Waals surface area (Å²) in [5, 5.41) is 4.20. The van der Waals surface area contributed by atoms with Gasteiger partial charge in [-0.1, -0.05) is 24.3 Å². The average Bonchev–Trinajstić information content (AvgIpc) is 3.48. The van der Waals surface area contributed by atoms with Crippen molar-refractivity contribution in [2.75, 3.05) is 65.1 Å². The largest absolute Gasteiger partial charge is 0.493 e. The highest BCUT2D eigenvalue weighted by molar-refractivity contribution is 6.02. The average molecular weight is 491 g/mol. The number of hydrogen-bond acceptors (Lipinski definition) is 7. The third-order valence-corrected chi connectivity index (χ3v) is 7.09. The second-order valence-electron chi connectivity index (χ2n) is 9.23. The molecule has 0 saturated carbocycles. The van der Waals surface area contributed by atoms with Crippen LogP contribution in [0.5, 0.6) is 11.5 Å². The number of benzene rings is 2. The number of hydrogen-bond donors (Lipinski definition) is 1. The van der Waals surface area contributed by atoms with Crippen molar-refractivity contribution in [3.63, 3.8) is 0 Å². The minimum atomic E-state index is -0.103. The molecule has 2 aliphatic rings. The van der Waals surface area contributed by atoms with Crippen molar-refractivity contribution in [2.45, 2.75) is 18.9 Å². The Hall–Kier alpha value is -3.36. The number of rotatable bonds is 8. The van der Waals surface area contributed by atoms with Crippen LogP contribution in [0.2, 0.25) is 0 Å². The molecule has 1 aromatic heterocycles. The summed E-state index contributed by atoms with van der Waals surface area (Å²) in [5.74, 6) is 2.03. The minimum absolute atomic E-state index is 0.0266. The third-order valence-electron chi connectivity index (χ3n) is 7.09. The zero-order valence-electron chi connectivity index (χ0n) is 21.0. The van der Waals surface area contributed by atoms with Crippen molar-refractivity contribution in [1.29, 1.82) is 0 Å². The fourth-order valence-electron chi connectivity index (χ4n) is 5.13. The number of ether oxygens (including phenoxy) is 3. The Bertz CT molecular complexity index is 1210. The van der Waals surface area contributed by atoms with E-state index in [1.165, 1.54) is 0 Å². The Morgan fingerprint density at radius 3 is 2.50 bits per heavy atom. The molecule has 2 aromatic carbocycles. The summed E-state index contributed by atoms with van der Waals surface area (Å²) >= 11 is 0. The fourth-order valence-corrected chi connectivity index (χ4v) is 5.13. The lowest BCUT2D eigenvalue weighted by atomic mass is 10.0. The van der Waals surface area contributed by atoms with Crippen molar-refractivity contribution in [3.8, 4) is 11.5 Å². The molecular weight excluding hydrogens is 456 g/mol. The molecule has 8 nitrogen and oxygen atoms in total. The van der Waals surface area contributed by atoms with Crippen molar-refractivity contribution >= 4 is 22.6 Å². The summed E-state index contributed by atoms with van der Waals surface area (Å²) in [7, 11) is 3.27. The molecule has 2 saturated heterocycles. The van der Waals surface area contributed by atoms with E-state index in [-0.39, 0.29) is 11.9 Å². The number of amides is 1. The highest BCUT2D eigenvalue weighted by Crippen LogP contribution is 2.32. The summed E-state index contributed by atoms with van der Waals surface area (Å²) in [6.07, 6.45) is 2.24. The van der Waals surface area contributed by atoms with E-state index in [9.17, 15) is 4.79 Å². The van der Waals surface area contributed by atoms with Crippen LogP contribution in [0, 0.1) is 0 Å². The second kappa shape index (κ2) is 11.1. The van der Waals surface area contributed by atoms with Gasteiger partial charge in [0.1, 0.15) is 5.82 Å². The monoisotopic (exact) mass is 490 g/mol. The quantitative estimate of drug-likeness (QED) is 0.517. The Morgan fingerprint density at radius 2 is 1.75 bits per heavy atom. The maximum atomic E-state index is 13.6. The van der Waals surface area contributed by atoms with Crippen LogP contribution in [0.4, 0.5) is 5.82 Å². The van der Waals surface area contributed by atoms with Crippen LogP contribution < -0.4 is 19.7 Å². The number of fused-ring (bicyclic) bond motifs is 1. The highest BCUT2D eigenvalue weighted by Gasteiger charge is 2.26. The first kappa shape index (κ1) is 24.3. The molecule has 5 rings (SSSR count). The third kappa shape index (κ3) is 5.10. The number of para-hydroxylation sites is 1. The van der Waals surface area contributed by atoms with Gasteiger partial charge in [-0.05, 0) is 42.7 Å². The molecule has 190 valence electrons. The van der Waals surface area contributed by atoms with Gasteiger partial charge in [0.05, 0.1) is 44.6 Å². The molecule has 0 bridgehead atoms. The van der Waals surface area contributed by atoms with E-state index in [4.69, 9.17) is 19.2 Å². The lowest BCUT2D eigenvalue weighted by Gasteiger charge is -2.35. The Balaban J connectivity index is 1.43. The van der Waals surface area contributed by atoms with E-state index in [0.717, 1.165) is 61.3 Å². The number of anilines is 1. The normalized spacial score (nSPS) is 17.2. The predicted octanol–water partition coefficient (Wildman–Crippen LogP) is 3.66. The molecule has 0 spiro atoms. The van der Waals surface area contributed by atoms with Gasteiger partial charge in [-0.2, -0.15) is 0 Å². The first-order valence-corrected chi connectivity index (χ1v) is 12.6. The van der Waals surface area contributed by atoms with Crippen LogP contribution in [-0.2, 0) is 4.74 Å². The number of morpholine rings is 1. The molecule has 1 unspecified atom stereocenters. The second-order valence-corrected chi connectivity index (χ2v) is 9.23. The SMILES string of the molecule is COc1ccc(C(CNC(=O)c2cc3ccccc3nc2N2CCCC2)N2CCOCC2)cc1OC. The van der Waals surface area contributed by atoms with Crippen LogP contribution in [0.3, 0.4) is 0 Å². The van der Waals surface area contributed by atoms with Crippen molar-refractivity contribution in [3.05, 3.63) is 59.7 Å². The number of carbonyl (C=O) groups excluding carboxylic acids is 1. The van der Waals surface area contributed by atoms with Gasteiger partial charge in [-0.25, -0.2) is 4.98 Å². The van der Waals surface area contributed by atoms with E-state index in [1.54, 1.807) is 14.2 Å². The van der Waals surface area contributed by atoms with E-state index >= 15 is 0 Å². The minimum Gasteiger partial charge on any atom is -0.493 e. The van der Waals surface area contributed by atoms with Crippen LogP contribution in [-0.4, -0.2) is 75.9 Å². The molecule has 3 aromatic rings. The van der Waals surface area contributed by atoms with Gasteiger partial charge in [0, 0.05) is 38.1 Å². The van der Waals surface area contributed by atoms with Gasteiger partial charge >= 0.3 is 0 Å². The van der Waals surface area contributed by atoms with E-state index in [1.807, 2.05) is 48.5 Å².